The third-order valence-electron chi connectivity index (χ3n) is 5.24. The Hall–Kier alpha value is -2.50. The van der Waals surface area contributed by atoms with Crippen molar-refractivity contribution in [1.29, 1.82) is 0 Å². The van der Waals surface area contributed by atoms with Gasteiger partial charge in [0.1, 0.15) is 0 Å². The minimum Gasteiger partial charge on any atom is -0.381 e. The number of nitrogens with zero attached hydrogens (tertiary/aromatic N) is 1. The Kier molecular flexibility index (Phi) is 9.06. The molecule has 3 rings (SSSR count). The van der Waals surface area contributed by atoms with E-state index in [-0.39, 0.29) is 11.8 Å². The van der Waals surface area contributed by atoms with Crippen molar-refractivity contribution in [1.82, 2.24) is 4.90 Å². The summed E-state index contributed by atoms with van der Waals surface area (Å²) in [6.07, 6.45) is 5.89. The number of hydrogen-bond acceptors (Lipinski definition) is 4. The van der Waals surface area contributed by atoms with Gasteiger partial charge in [0.15, 0.2) is 0 Å². The van der Waals surface area contributed by atoms with Crippen LogP contribution in [0.2, 0.25) is 0 Å². The van der Waals surface area contributed by atoms with Crippen LogP contribution in [0.4, 0.5) is 0 Å². The molecule has 1 aliphatic heterocycles. The van der Waals surface area contributed by atoms with Gasteiger partial charge in [0.2, 0.25) is 0 Å². The molecule has 0 bridgehead atoms. The average Bonchev–Trinajstić information content (AvgIpc) is 3.02. The molecule has 0 atom stereocenters. The van der Waals surface area contributed by atoms with Crippen molar-refractivity contribution in [3.05, 3.63) is 71.3 Å². The maximum absolute atomic E-state index is 12.3. The number of rotatable bonds is 14. The molecule has 0 spiro atoms. The molecular weight excluding hydrogens is 378 g/mol. The van der Waals surface area contributed by atoms with E-state index < -0.39 is 0 Å². The number of fused-ring (bicyclic) bond motifs is 1. The Morgan fingerprint density at radius 1 is 0.600 bits per heavy atom. The van der Waals surface area contributed by atoms with Gasteiger partial charge in [-0.2, -0.15) is 0 Å². The first-order valence-electron chi connectivity index (χ1n) is 10.9. The number of carbonyl (C=O) groups excluding carboxylic acids is 2. The fraction of sp³-hybridized carbons (Fsp3) is 0.440. The van der Waals surface area contributed by atoms with E-state index in [2.05, 4.69) is 12.1 Å². The van der Waals surface area contributed by atoms with E-state index in [1.165, 1.54) is 10.5 Å². The average molecular weight is 410 g/mol. The second kappa shape index (κ2) is 12.3. The lowest BCUT2D eigenvalue weighted by Gasteiger charge is -2.13. The van der Waals surface area contributed by atoms with Crippen LogP contribution in [-0.2, 0) is 16.1 Å². The van der Waals surface area contributed by atoms with Crippen LogP contribution in [0.3, 0.4) is 0 Å². The van der Waals surface area contributed by atoms with Crippen molar-refractivity contribution in [3.8, 4) is 0 Å². The van der Waals surface area contributed by atoms with Crippen LogP contribution >= 0.6 is 0 Å². The van der Waals surface area contributed by atoms with Crippen LogP contribution < -0.4 is 0 Å². The summed E-state index contributed by atoms with van der Waals surface area (Å²) in [4.78, 5) is 26.0. The number of carbonyl (C=O) groups is 2. The topological polar surface area (TPSA) is 55.8 Å². The molecule has 0 unspecified atom stereocenters. The number of benzene rings is 2. The van der Waals surface area contributed by atoms with Gasteiger partial charge < -0.3 is 9.47 Å². The molecule has 0 radical (unpaired) electrons. The maximum atomic E-state index is 12.3. The first-order valence-corrected chi connectivity index (χ1v) is 10.9. The maximum Gasteiger partial charge on any atom is 0.261 e. The summed E-state index contributed by atoms with van der Waals surface area (Å²) in [7, 11) is 0. The normalized spacial score (nSPS) is 13.1. The number of ether oxygens (including phenoxy) is 2. The van der Waals surface area contributed by atoms with Gasteiger partial charge in [-0.05, 0) is 43.4 Å². The standard InChI is InChI=1S/C25H31NO4/c27-24-22-14-6-7-15-23(22)25(28)26(24)16-8-1-2-9-17-29-18-10-11-19-30-20-21-12-4-3-5-13-21/h3-7,12-15H,1-2,8-11,16-20H2. The van der Waals surface area contributed by atoms with Gasteiger partial charge in [-0.25, -0.2) is 0 Å². The fourth-order valence-corrected chi connectivity index (χ4v) is 3.54. The summed E-state index contributed by atoms with van der Waals surface area (Å²) in [6, 6.07) is 17.2. The molecule has 2 aromatic carbocycles. The number of amides is 2. The first kappa shape index (κ1) is 22.2. The molecule has 0 saturated carbocycles. The van der Waals surface area contributed by atoms with Crippen molar-refractivity contribution >= 4 is 11.8 Å². The van der Waals surface area contributed by atoms with Crippen LogP contribution in [-0.4, -0.2) is 43.1 Å². The van der Waals surface area contributed by atoms with Gasteiger partial charge in [0.05, 0.1) is 17.7 Å². The summed E-state index contributed by atoms with van der Waals surface area (Å²) in [6.45, 7) is 3.45. The largest absolute Gasteiger partial charge is 0.381 e. The van der Waals surface area contributed by atoms with Crippen LogP contribution in [0.25, 0.3) is 0 Å². The van der Waals surface area contributed by atoms with E-state index in [9.17, 15) is 9.59 Å². The summed E-state index contributed by atoms with van der Waals surface area (Å²) in [5.41, 5.74) is 2.26. The third kappa shape index (κ3) is 6.51. The van der Waals surface area contributed by atoms with Crippen LogP contribution in [0, 0.1) is 0 Å². The summed E-state index contributed by atoms with van der Waals surface area (Å²) < 4.78 is 11.3. The predicted octanol–water partition coefficient (Wildman–Crippen LogP) is 4.86. The summed E-state index contributed by atoms with van der Waals surface area (Å²) in [5.74, 6) is -0.321. The molecular formula is C25H31NO4. The zero-order valence-corrected chi connectivity index (χ0v) is 17.6. The van der Waals surface area contributed by atoms with Crippen LogP contribution in [0.1, 0.15) is 64.8 Å². The third-order valence-corrected chi connectivity index (χ3v) is 5.24. The number of imide groups is 1. The summed E-state index contributed by atoms with van der Waals surface area (Å²) >= 11 is 0. The molecule has 30 heavy (non-hydrogen) atoms. The molecule has 0 N–H and O–H groups in total. The molecule has 5 nitrogen and oxygen atoms in total. The number of unbranched alkanes of at least 4 members (excludes halogenated alkanes) is 4. The Bertz CT molecular complexity index is 771. The predicted molar refractivity (Wildman–Crippen MR) is 116 cm³/mol. The second-order valence-electron chi connectivity index (χ2n) is 7.58. The zero-order valence-electron chi connectivity index (χ0n) is 17.6. The van der Waals surface area contributed by atoms with E-state index in [1.54, 1.807) is 24.3 Å². The molecule has 1 heterocycles. The first-order chi connectivity index (χ1) is 14.8. The van der Waals surface area contributed by atoms with Gasteiger partial charge in [-0.3, -0.25) is 14.5 Å². The van der Waals surface area contributed by atoms with E-state index in [0.717, 1.165) is 58.3 Å². The van der Waals surface area contributed by atoms with Crippen molar-refractivity contribution in [2.75, 3.05) is 26.4 Å². The van der Waals surface area contributed by atoms with Crippen molar-refractivity contribution in [3.63, 3.8) is 0 Å². The minimum absolute atomic E-state index is 0.160. The molecule has 2 amide bonds. The van der Waals surface area contributed by atoms with Crippen molar-refractivity contribution in [2.24, 2.45) is 0 Å². The van der Waals surface area contributed by atoms with Gasteiger partial charge in [0.25, 0.3) is 11.8 Å². The van der Waals surface area contributed by atoms with Crippen molar-refractivity contribution in [2.45, 2.75) is 45.1 Å². The van der Waals surface area contributed by atoms with Gasteiger partial charge in [0, 0.05) is 26.4 Å². The highest BCUT2D eigenvalue weighted by molar-refractivity contribution is 6.21. The molecule has 2 aromatic rings. The Morgan fingerprint density at radius 2 is 1.13 bits per heavy atom. The molecule has 0 fully saturated rings. The molecule has 5 heteroatoms. The lowest BCUT2D eigenvalue weighted by molar-refractivity contribution is 0.0650. The zero-order chi connectivity index (χ0) is 21.0. The molecule has 0 saturated heterocycles. The van der Waals surface area contributed by atoms with E-state index >= 15 is 0 Å². The van der Waals surface area contributed by atoms with E-state index in [0.29, 0.717) is 24.3 Å². The highest BCUT2D eigenvalue weighted by Gasteiger charge is 2.34. The second-order valence-corrected chi connectivity index (χ2v) is 7.58. The highest BCUT2D eigenvalue weighted by atomic mass is 16.5. The van der Waals surface area contributed by atoms with Crippen LogP contribution in [0.15, 0.2) is 54.6 Å². The van der Waals surface area contributed by atoms with Crippen LogP contribution in [0.5, 0.6) is 0 Å². The SMILES string of the molecule is O=C1c2ccccc2C(=O)N1CCCCCCOCCCCOCc1ccccc1. The fourth-order valence-electron chi connectivity index (χ4n) is 3.54. The monoisotopic (exact) mass is 409 g/mol. The summed E-state index contributed by atoms with van der Waals surface area (Å²) in [5, 5.41) is 0. The minimum atomic E-state index is -0.160. The smallest absolute Gasteiger partial charge is 0.261 e. The Balaban J connectivity index is 1.13. The van der Waals surface area contributed by atoms with E-state index in [1.807, 2.05) is 18.2 Å². The lowest BCUT2D eigenvalue weighted by Crippen LogP contribution is -2.30. The molecule has 0 aliphatic carbocycles. The number of hydrogen-bond donors (Lipinski definition) is 0. The molecule has 160 valence electrons. The van der Waals surface area contributed by atoms with Gasteiger partial charge in [-0.15, -0.1) is 0 Å². The van der Waals surface area contributed by atoms with Crippen molar-refractivity contribution < 1.29 is 19.1 Å². The quantitative estimate of drug-likeness (QED) is 0.330. The Morgan fingerprint density at radius 3 is 1.80 bits per heavy atom. The van der Waals surface area contributed by atoms with Gasteiger partial charge in [-0.1, -0.05) is 55.3 Å². The molecule has 0 aromatic heterocycles. The molecule has 1 aliphatic rings. The van der Waals surface area contributed by atoms with Gasteiger partial charge >= 0.3 is 0 Å². The highest BCUT2D eigenvalue weighted by Crippen LogP contribution is 2.22. The van der Waals surface area contributed by atoms with E-state index in [4.69, 9.17) is 9.47 Å². The lowest BCUT2D eigenvalue weighted by atomic mass is 10.1. The Labute approximate surface area is 179 Å².